The third-order valence-corrected chi connectivity index (χ3v) is 0.427. The fourth-order valence-corrected chi connectivity index (χ4v) is 0.167. The van der Waals surface area contributed by atoms with Gasteiger partial charge in [-0.1, -0.05) is 0 Å². The first kappa shape index (κ1) is 7.61. The zero-order valence-corrected chi connectivity index (χ0v) is 4.94. The van der Waals surface area contributed by atoms with Crippen LogP contribution in [0.2, 0.25) is 0 Å². The van der Waals surface area contributed by atoms with E-state index in [4.69, 9.17) is 4.79 Å². The van der Waals surface area contributed by atoms with Gasteiger partial charge in [-0.15, -0.1) is 0 Å². The second-order valence-corrected chi connectivity index (χ2v) is 0.988. The summed E-state index contributed by atoms with van der Waals surface area (Å²) in [6.07, 6.45) is 3.17. The quantitative estimate of drug-likeness (QED) is 0.523. The van der Waals surface area contributed by atoms with Crippen molar-refractivity contribution in [3.05, 3.63) is 12.4 Å². The molecule has 0 radical (unpaired) electrons. The summed E-state index contributed by atoms with van der Waals surface area (Å²) in [6, 6.07) is 0. The lowest BCUT2D eigenvalue weighted by molar-refractivity contribution is -0.126. The lowest BCUT2D eigenvalue weighted by Gasteiger charge is -1.67. The predicted molar refractivity (Wildman–Crippen MR) is 29.5 cm³/mol. The molecule has 0 atom stereocenters. The highest BCUT2D eigenvalue weighted by atomic mass is 16.5. The van der Waals surface area contributed by atoms with E-state index in [2.05, 4.69) is 20.1 Å². The number of nitrogens with one attached hydrogen (secondary N) is 1. The number of nitrogens with zero attached hydrogens (tertiary/aromatic N) is 2. The number of ether oxygens (including phenoxy) is 1. The summed E-state index contributed by atoms with van der Waals surface area (Å²) in [7, 11) is 1.31. The summed E-state index contributed by atoms with van der Waals surface area (Å²) in [5.41, 5.74) is 0. The Bertz CT molecular complexity index is 111. The number of carbonyl (C=O) groups is 1. The first-order valence-electron chi connectivity index (χ1n) is 2.18. The Morgan fingerprint density at radius 1 is 1.56 bits per heavy atom. The van der Waals surface area contributed by atoms with Crippen LogP contribution in [0.1, 0.15) is 0 Å². The zero-order valence-electron chi connectivity index (χ0n) is 4.94. The summed E-state index contributed by atoms with van der Waals surface area (Å²) in [5.74, 6) is 0. The lowest BCUT2D eigenvalue weighted by Crippen LogP contribution is -1.68. The highest BCUT2D eigenvalue weighted by Crippen LogP contribution is 1.55. The molecule has 5 heteroatoms. The van der Waals surface area contributed by atoms with Crippen molar-refractivity contribution in [1.29, 1.82) is 0 Å². The number of H-pyrrole nitrogens is 1. The first-order valence-corrected chi connectivity index (χ1v) is 2.18. The summed E-state index contributed by atoms with van der Waals surface area (Å²) in [5, 5.41) is 9.33. The van der Waals surface area contributed by atoms with Crippen molar-refractivity contribution in [1.82, 2.24) is 15.4 Å². The SMILES string of the molecule is COC=O.c1cn[nH]n1. The Morgan fingerprint density at radius 3 is 2.11 bits per heavy atom. The molecule has 1 rings (SSSR count). The van der Waals surface area contributed by atoms with Gasteiger partial charge in [0, 0.05) is 0 Å². The minimum atomic E-state index is 0.375. The third-order valence-electron chi connectivity index (χ3n) is 0.427. The van der Waals surface area contributed by atoms with Gasteiger partial charge in [0.2, 0.25) is 0 Å². The normalized spacial score (nSPS) is 6.78. The van der Waals surface area contributed by atoms with E-state index in [1.807, 2.05) is 0 Å². The lowest BCUT2D eigenvalue weighted by atomic mass is 11.0. The summed E-state index contributed by atoms with van der Waals surface area (Å²) in [4.78, 5) is 8.95. The molecule has 0 aliphatic rings. The molecule has 0 aliphatic carbocycles. The molecule has 0 bridgehead atoms. The van der Waals surface area contributed by atoms with E-state index in [0.717, 1.165) is 0 Å². The molecule has 1 aromatic heterocycles. The maximum absolute atomic E-state index is 8.95. The van der Waals surface area contributed by atoms with Crippen LogP contribution in [0.15, 0.2) is 12.4 Å². The molecule has 1 aromatic rings. The smallest absolute Gasteiger partial charge is 0.292 e. The highest BCUT2D eigenvalue weighted by molar-refractivity contribution is 5.36. The van der Waals surface area contributed by atoms with Gasteiger partial charge in [0.25, 0.3) is 6.47 Å². The Labute approximate surface area is 52.0 Å². The van der Waals surface area contributed by atoms with Crippen LogP contribution in [0.4, 0.5) is 0 Å². The largest absolute Gasteiger partial charge is 0.471 e. The first-order chi connectivity index (χ1) is 4.41. The van der Waals surface area contributed by atoms with Gasteiger partial charge in [-0.2, -0.15) is 15.4 Å². The van der Waals surface area contributed by atoms with Crippen molar-refractivity contribution in [2.45, 2.75) is 0 Å². The Morgan fingerprint density at radius 2 is 2.00 bits per heavy atom. The average molecular weight is 129 g/mol. The van der Waals surface area contributed by atoms with Crippen molar-refractivity contribution >= 4 is 6.47 Å². The van der Waals surface area contributed by atoms with Gasteiger partial charge in [0.1, 0.15) is 0 Å². The fourth-order valence-electron chi connectivity index (χ4n) is 0.167. The van der Waals surface area contributed by atoms with Crippen LogP contribution in [0, 0.1) is 0 Å². The topological polar surface area (TPSA) is 67.9 Å². The van der Waals surface area contributed by atoms with E-state index < -0.39 is 0 Å². The number of aromatic amines is 1. The number of rotatable bonds is 1. The van der Waals surface area contributed by atoms with Crippen LogP contribution in [-0.4, -0.2) is 29.0 Å². The number of carbonyl (C=O) groups excluding carboxylic acids is 1. The van der Waals surface area contributed by atoms with Crippen molar-refractivity contribution < 1.29 is 9.53 Å². The zero-order chi connectivity index (χ0) is 6.95. The van der Waals surface area contributed by atoms with E-state index in [1.54, 1.807) is 12.4 Å². The molecule has 0 saturated heterocycles. The fraction of sp³-hybridized carbons (Fsp3) is 0.250. The van der Waals surface area contributed by atoms with E-state index in [-0.39, 0.29) is 0 Å². The third kappa shape index (κ3) is 6.61. The highest BCUT2D eigenvalue weighted by Gasteiger charge is 1.57. The van der Waals surface area contributed by atoms with E-state index >= 15 is 0 Å². The second kappa shape index (κ2) is 6.61. The van der Waals surface area contributed by atoms with Crippen LogP contribution in [0.3, 0.4) is 0 Å². The van der Waals surface area contributed by atoms with Crippen LogP contribution in [-0.2, 0) is 9.53 Å². The van der Waals surface area contributed by atoms with Crippen molar-refractivity contribution in [3.63, 3.8) is 0 Å². The molecule has 1 N–H and O–H groups in total. The van der Waals surface area contributed by atoms with Gasteiger partial charge < -0.3 is 4.74 Å². The standard InChI is InChI=1S/C2H3N3.C2H4O2/c1-2-4-5-3-1;1-4-2-3/h1-2H,(H,3,4,5);2H,1H3. The summed E-state index contributed by atoms with van der Waals surface area (Å²) >= 11 is 0. The summed E-state index contributed by atoms with van der Waals surface area (Å²) < 4.78 is 3.86. The maximum Gasteiger partial charge on any atom is 0.292 e. The minimum absolute atomic E-state index is 0.375. The molecule has 0 aromatic carbocycles. The number of aromatic nitrogens is 3. The summed E-state index contributed by atoms with van der Waals surface area (Å²) in [6.45, 7) is 0.375. The molecule has 0 aliphatic heterocycles. The van der Waals surface area contributed by atoms with Gasteiger partial charge in [-0.25, -0.2) is 0 Å². The number of hydrogen-bond donors (Lipinski definition) is 1. The van der Waals surface area contributed by atoms with Gasteiger partial charge in [-0.3, -0.25) is 4.79 Å². The molecule has 9 heavy (non-hydrogen) atoms. The van der Waals surface area contributed by atoms with Crippen LogP contribution in [0.25, 0.3) is 0 Å². The van der Waals surface area contributed by atoms with E-state index in [1.165, 1.54) is 7.11 Å². The molecule has 0 spiro atoms. The minimum Gasteiger partial charge on any atom is -0.471 e. The molecular formula is C4H7N3O2. The number of methoxy groups -OCH3 is 1. The monoisotopic (exact) mass is 129 g/mol. The van der Waals surface area contributed by atoms with Gasteiger partial charge >= 0.3 is 0 Å². The van der Waals surface area contributed by atoms with Crippen LogP contribution in [0.5, 0.6) is 0 Å². The Hall–Kier alpha value is -1.39. The van der Waals surface area contributed by atoms with Gasteiger partial charge in [-0.05, 0) is 0 Å². The van der Waals surface area contributed by atoms with Crippen LogP contribution >= 0.6 is 0 Å². The van der Waals surface area contributed by atoms with Crippen molar-refractivity contribution in [2.75, 3.05) is 7.11 Å². The Kier molecular flexibility index (Phi) is 5.59. The maximum atomic E-state index is 8.95. The van der Waals surface area contributed by atoms with Crippen molar-refractivity contribution in [3.8, 4) is 0 Å². The van der Waals surface area contributed by atoms with Crippen molar-refractivity contribution in [2.24, 2.45) is 0 Å². The Balaban J connectivity index is 0.000000148. The molecule has 0 fully saturated rings. The molecule has 0 unspecified atom stereocenters. The molecule has 0 amide bonds. The molecule has 50 valence electrons. The van der Waals surface area contributed by atoms with Crippen LogP contribution < -0.4 is 0 Å². The van der Waals surface area contributed by atoms with E-state index in [0.29, 0.717) is 6.47 Å². The van der Waals surface area contributed by atoms with Gasteiger partial charge in [0.05, 0.1) is 19.5 Å². The average Bonchev–Trinajstić information content (AvgIpc) is 2.43. The predicted octanol–water partition coefficient (Wildman–Crippen LogP) is -0.406. The van der Waals surface area contributed by atoms with Gasteiger partial charge in [0.15, 0.2) is 0 Å². The molecular weight excluding hydrogens is 122 g/mol. The number of hydrogen-bond acceptors (Lipinski definition) is 4. The second-order valence-electron chi connectivity index (χ2n) is 0.988. The van der Waals surface area contributed by atoms with E-state index in [9.17, 15) is 0 Å². The molecule has 1 heterocycles. The molecule has 0 saturated carbocycles. The molecule has 5 nitrogen and oxygen atoms in total.